The third kappa shape index (κ3) is 7.48. The number of halogens is 1. The minimum atomic E-state index is -0.278. The van der Waals surface area contributed by atoms with Crippen LogP contribution >= 0.6 is 15.9 Å². The molecule has 11 nitrogen and oxygen atoms in total. The van der Waals surface area contributed by atoms with Gasteiger partial charge < -0.3 is 20.0 Å². The quantitative estimate of drug-likeness (QED) is 0.345. The Hall–Kier alpha value is -4.03. The molecule has 2 N–H and O–H groups in total. The lowest BCUT2D eigenvalue weighted by Crippen LogP contribution is -2.48. The van der Waals surface area contributed by atoms with Gasteiger partial charge in [-0.05, 0) is 121 Å². The molecule has 4 fully saturated rings. The number of carbonyl (C=O) groups is 3. The Bertz CT molecular complexity index is 1860. The van der Waals surface area contributed by atoms with Gasteiger partial charge in [-0.1, -0.05) is 18.2 Å². The van der Waals surface area contributed by atoms with Crippen LogP contribution < -0.4 is 21.1 Å². The minimum Gasteiger partial charge on any atom is -0.379 e. The second kappa shape index (κ2) is 14.5. The normalized spacial score (nSPS) is 24.0. The van der Waals surface area contributed by atoms with Crippen molar-refractivity contribution in [3.63, 3.8) is 0 Å². The highest BCUT2D eigenvalue weighted by molar-refractivity contribution is 9.10. The topological polar surface area (TPSA) is 120 Å². The van der Waals surface area contributed by atoms with Gasteiger partial charge in [0.15, 0.2) is 0 Å². The molecule has 2 aromatic carbocycles. The van der Waals surface area contributed by atoms with Crippen LogP contribution in [0.1, 0.15) is 83.8 Å². The van der Waals surface area contributed by atoms with Crippen LogP contribution in [0.4, 0.5) is 11.4 Å². The number of piperidine rings is 4. The summed E-state index contributed by atoms with van der Waals surface area (Å²) in [6.07, 6.45) is 7.75. The van der Waals surface area contributed by atoms with E-state index in [1.807, 2.05) is 24.0 Å². The van der Waals surface area contributed by atoms with E-state index < -0.39 is 0 Å². The van der Waals surface area contributed by atoms with Crippen LogP contribution in [-0.4, -0.2) is 89.7 Å². The van der Waals surface area contributed by atoms with E-state index in [1.54, 1.807) is 13.2 Å². The summed E-state index contributed by atoms with van der Waals surface area (Å²) in [6, 6.07) is 14.8. The van der Waals surface area contributed by atoms with Gasteiger partial charge >= 0.3 is 0 Å². The van der Waals surface area contributed by atoms with Gasteiger partial charge in [0.2, 0.25) is 11.8 Å². The summed E-state index contributed by atoms with van der Waals surface area (Å²) in [7, 11) is 3.75. The fourth-order valence-corrected chi connectivity index (χ4v) is 9.16. The number of likely N-dealkylation sites (tertiary alicyclic amines) is 2. The van der Waals surface area contributed by atoms with Crippen molar-refractivity contribution in [1.29, 1.82) is 0 Å². The first-order valence-corrected chi connectivity index (χ1v) is 19.0. The van der Waals surface area contributed by atoms with Crippen LogP contribution in [0.3, 0.4) is 0 Å². The molecule has 4 aliphatic rings. The maximum absolute atomic E-state index is 13.6. The molecule has 51 heavy (non-hydrogen) atoms. The standard InChI is InChI=1S/C39H48BrN7O4/c1-25-4-9-30(21-32(25)31-10-11-34(48)43-36(31)49)46-16-12-39(13-17-46)14-18-47(19-15-39)37(50)27-7-5-26(6-8-27)28-20-29(24-44(2)23-28)42-33-22-41-45(3)38(51)35(33)40/h4-9,21-22,28-29,31,42H,10-20,23-24H2,1-3H3,(H,43,48,49)/t28-,29+,31?/m1/s1. The number of hydrogen-bond acceptors (Lipinski definition) is 8. The number of nitrogens with zero attached hydrogens (tertiary/aromatic N) is 5. The molecule has 3 amide bonds. The van der Waals surface area contributed by atoms with E-state index in [9.17, 15) is 19.2 Å². The fraction of sp³-hybridized carbons (Fsp3) is 0.513. The van der Waals surface area contributed by atoms with Gasteiger partial charge in [0, 0.05) is 70.0 Å². The van der Waals surface area contributed by atoms with Crippen LogP contribution in [0.5, 0.6) is 0 Å². The van der Waals surface area contributed by atoms with E-state index in [0.29, 0.717) is 28.9 Å². The van der Waals surface area contributed by atoms with E-state index in [4.69, 9.17) is 0 Å². The zero-order valence-corrected chi connectivity index (χ0v) is 31.4. The molecule has 4 saturated heterocycles. The molecule has 0 aliphatic carbocycles. The monoisotopic (exact) mass is 757 g/mol. The maximum atomic E-state index is 13.6. The number of benzene rings is 2. The van der Waals surface area contributed by atoms with Crippen molar-refractivity contribution in [3.8, 4) is 0 Å². The molecule has 7 rings (SSSR count). The lowest BCUT2D eigenvalue weighted by Gasteiger charge is -2.47. The molecule has 4 aliphatic heterocycles. The van der Waals surface area contributed by atoms with Gasteiger partial charge in [-0.2, -0.15) is 5.10 Å². The van der Waals surface area contributed by atoms with Gasteiger partial charge in [0.05, 0.1) is 17.8 Å². The summed E-state index contributed by atoms with van der Waals surface area (Å²) in [4.78, 5) is 57.1. The van der Waals surface area contributed by atoms with Crippen molar-refractivity contribution in [2.75, 3.05) is 56.5 Å². The number of likely N-dealkylation sites (N-methyl/N-ethyl adjacent to an activating group) is 1. The zero-order valence-electron chi connectivity index (χ0n) is 29.8. The molecule has 1 unspecified atom stereocenters. The molecule has 270 valence electrons. The van der Waals surface area contributed by atoms with Crippen molar-refractivity contribution in [2.45, 2.75) is 69.7 Å². The number of imide groups is 1. The van der Waals surface area contributed by atoms with E-state index in [1.165, 1.54) is 10.2 Å². The highest BCUT2D eigenvalue weighted by Gasteiger charge is 2.39. The van der Waals surface area contributed by atoms with Crippen molar-refractivity contribution in [1.82, 2.24) is 24.9 Å². The zero-order chi connectivity index (χ0) is 35.9. The average molecular weight is 759 g/mol. The summed E-state index contributed by atoms with van der Waals surface area (Å²) in [5, 5.41) is 10.2. The minimum absolute atomic E-state index is 0.109. The largest absolute Gasteiger partial charge is 0.379 e. The Morgan fingerprint density at radius 3 is 2.37 bits per heavy atom. The van der Waals surface area contributed by atoms with Gasteiger partial charge in [0.1, 0.15) is 4.47 Å². The Kier molecular flexibility index (Phi) is 10.1. The van der Waals surface area contributed by atoms with Gasteiger partial charge in [0.25, 0.3) is 11.5 Å². The number of amides is 3. The number of rotatable bonds is 6. The molecule has 1 aromatic heterocycles. The van der Waals surface area contributed by atoms with E-state index in [-0.39, 0.29) is 40.7 Å². The van der Waals surface area contributed by atoms with Gasteiger partial charge in [-0.3, -0.25) is 24.5 Å². The lowest BCUT2D eigenvalue weighted by molar-refractivity contribution is -0.134. The summed E-state index contributed by atoms with van der Waals surface area (Å²) >= 11 is 3.43. The Balaban J connectivity index is 0.923. The molecular weight excluding hydrogens is 710 g/mol. The molecule has 0 radical (unpaired) electrons. The average Bonchev–Trinajstić information content (AvgIpc) is 3.13. The predicted octanol–water partition coefficient (Wildman–Crippen LogP) is 4.79. The smallest absolute Gasteiger partial charge is 0.282 e. The van der Waals surface area contributed by atoms with E-state index >= 15 is 0 Å². The molecule has 0 saturated carbocycles. The van der Waals surface area contributed by atoms with Crippen molar-refractivity contribution >= 4 is 45.0 Å². The Labute approximate surface area is 307 Å². The summed E-state index contributed by atoms with van der Waals surface area (Å²) in [5.41, 5.74) is 6.00. The van der Waals surface area contributed by atoms with Crippen molar-refractivity contribution in [3.05, 3.63) is 85.7 Å². The second-order valence-corrected chi connectivity index (χ2v) is 16.0. The SMILES string of the molecule is Cc1ccc(N2CCC3(CCN(C(=O)c4ccc([C@@H]5C[C@H](Nc6cnn(C)c(=O)c6Br)CN(C)C5)cc4)CC3)CC2)cc1C1CCC(=O)NC1=O. The third-order valence-corrected chi connectivity index (χ3v) is 12.6. The molecule has 1 spiro atoms. The molecule has 5 heterocycles. The third-order valence-electron chi connectivity index (χ3n) is 11.9. The van der Waals surface area contributed by atoms with Crippen LogP contribution in [0, 0.1) is 12.3 Å². The van der Waals surface area contributed by atoms with E-state index in [0.717, 1.165) is 93.8 Å². The molecular formula is C39H48BrN7O4. The van der Waals surface area contributed by atoms with Crippen LogP contribution in [0.2, 0.25) is 0 Å². The maximum Gasteiger partial charge on any atom is 0.282 e. The second-order valence-electron chi connectivity index (χ2n) is 15.2. The van der Waals surface area contributed by atoms with Crippen LogP contribution in [0.25, 0.3) is 0 Å². The summed E-state index contributed by atoms with van der Waals surface area (Å²) < 4.78 is 1.81. The molecule has 3 atom stereocenters. The number of anilines is 2. The molecule has 0 bridgehead atoms. The summed E-state index contributed by atoms with van der Waals surface area (Å²) in [6.45, 7) is 7.29. The Morgan fingerprint density at radius 2 is 1.67 bits per heavy atom. The highest BCUT2D eigenvalue weighted by atomic mass is 79.9. The lowest BCUT2D eigenvalue weighted by atomic mass is 9.71. The van der Waals surface area contributed by atoms with Gasteiger partial charge in [-0.25, -0.2) is 4.68 Å². The first-order chi connectivity index (χ1) is 24.5. The van der Waals surface area contributed by atoms with Crippen LogP contribution in [0.15, 0.2) is 57.9 Å². The molecule has 12 heteroatoms. The van der Waals surface area contributed by atoms with Crippen LogP contribution in [-0.2, 0) is 16.6 Å². The first-order valence-electron chi connectivity index (χ1n) is 18.2. The first kappa shape index (κ1) is 35.4. The Morgan fingerprint density at radius 1 is 0.961 bits per heavy atom. The number of aryl methyl sites for hydroxylation is 2. The number of hydrogen-bond donors (Lipinski definition) is 2. The van der Waals surface area contributed by atoms with Gasteiger partial charge in [-0.15, -0.1) is 0 Å². The highest BCUT2D eigenvalue weighted by Crippen LogP contribution is 2.43. The number of nitrogens with one attached hydrogen (secondary N) is 2. The van der Waals surface area contributed by atoms with Crippen molar-refractivity contribution < 1.29 is 14.4 Å². The number of carbonyl (C=O) groups excluding carboxylic acids is 3. The summed E-state index contributed by atoms with van der Waals surface area (Å²) in [5.74, 6) is -0.243. The predicted molar refractivity (Wildman–Crippen MR) is 201 cm³/mol. The molecule has 3 aromatic rings. The fourth-order valence-electron chi connectivity index (χ4n) is 8.69. The van der Waals surface area contributed by atoms with E-state index in [2.05, 4.69) is 78.8 Å². The van der Waals surface area contributed by atoms with Crippen molar-refractivity contribution in [2.24, 2.45) is 12.5 Å². The number of aromatic nitrogens is 2.